The van der Waals surface area contributed by atoms with E-state index in [0.717, 1.165) is 23.0 Å². The van der Waals surface area contributed by atoms with Crippen molar-refractivity contribution in [2.45, 2.75) is 13.8 Å². The Labute approximate surface area is 170 Å². The predicted octanol–water partition coefficient (Wildman–Crippen LogP) is 5.42. The summed E-state index contributed by atoms with van der Waals surface area (Å²) in [7, 11) is 3.90. The van der Waals surface area contributed by atoms with Crippen molar-refractivity contribution in [1.29, 1.82) is 0 Å². The summed E-state index contributed by atoms with van der Waals surface area (Å²) in [6.45, 7) is 4.24. The predicted molar refractivity (Wildman–Crippen MR) is 116 cm³/mol. The summed E-state index contributed by atoms with van der Waals surface area (Å²) in [6, 6.07) is 20.6. The van der Waals surface area contributed by atoms with Gasteiger partial charge in [0.25, 0.3) is 0 Å². The summed E-state index contributed by atoms with van der Waals surface area (Å²) in [5.74, 6) is 0.792. The van der Waals surface area contributed by atoms with E-state index in [4.69, 9.17) is 0 Å². The number of hydrogen-bond donors (Lipinski definition) is 1. The number of rotatable bonds is 5. The fraction of sp³-hybridized carbons (Fsp3) is 0.174. The zero-order chi connectivity index (χ0) is 20.4. The molecule has 0 saturated heterocycles. The van der Waals surface area contributed by atoms with Gasteiger partial charge in [0.1, 0.15) is 5.69 Å². The van der Waals surface area contributed by atoms with E-state index < -0.39 is 0 Å². The minimum atomic E-state index is 0.792. The van der Waals surface area contributed by atoms with Crippen molar-refractivity contribution < 1.29 is 4.57 Å². The van der Waals surface area contributed by atoms with Crippen molar-refractivity contribution in [2.24, 2.45) is 24.3 Å². The Hall–Kier alpha value is -3.67. The van der Waals surface area contributed by atoms with Crippen LogP contribution in [0.2, 0.25) is 0 Å². The third-order valence-corrected chi connectivity index (χ3v) is 4.95. The molecular weight excluding hydrogens is 360 g/mol. The second-order valence-electron chi connectivity index (χ2n) is 7.19. The van der Waals surface area contributed by atoms with Gasteiger partial charge in [0.15, 0.2) is 0 Å². The van der Waals surface area contributed by atoms with Crippen molar-refractivity contribution in [2.75, 3.05) is 5.32 Å². The molecule has 0 bridgehead atoms. The van der Waals surface area contributed by atoms with Crippen molar-refractivity contribution in [1.82, 2.24) is 9.13 Å². The molecule has 0 aliphatic rings. The van der Waals surface area contributed by atoms with E-state index in [-0.39, 0.29) is 0 Å². The maximum absolute atomic E-state index is 4.33. The number of aryl methyl sites for hydroxylation is 4. The van der Waals surface area contributed by atoms with Crippen LogP contribution in [0.25, 0.3) is 5.69 Å². The molecule has 4 rings (SSSR count). The molecule has 0 radical (unpaired) electrons. The SMILES string of the molecule is Cc1ccc(C)n1-c1ccc(Nc2ccc(N=Nc3n(C)cc[n+]3C)cc2)cc1. The van der Waals surface area contributed by atoms with Crippen molar-refractivity contribution in [3.63, 3.8) is 0 Å². The zero-order valence-electron chi connectivity index (χ0n) is 17.2. The van der Waals surface area contributed by atoms with Gasteiger partial charge in [-0.15, -0.1) is 0 Å². The van der Waals surface area contributed by atoms with Gasteiger partial charge in [-0.3, -0.25) is 0 Å². The molecule has 2 heterocycles. The molecule has 4 aromatic rings. The Morgan fingerprint density at radius 3 is 1.93 bits per heavy atom. The van der Waals surface area contributed by atoms with Crippen LogP contribution >= 0.6 is 0 Å². The van der Waals surface area contributed by atoms with Gasteiger partial charge >= 0.3 is 5.95 Å². The molecule has 1 N–H and O–H groups in total. The van der Waals surface area contributed by atoms with E-state index in [9.17, 15) is 0 Å². The molecule has 0 fully saturated rings. The van der Waals surface area contributed by atoms with Crippen molar-refractivity contribution in [3.8, 4) is 5.69 Å². The molecule has 0 saturated carbocycles. The molecule has 0 unspecified atom stereocenters. The Kier molecular flexibility index (Phi) is 4.99. The zero-order valence-corrected chi connectivity index (χ0v) is 17.2. The average molecular weight is 385 g/mol. The van der Waals surface area contributed by atoms with Gasteiger partial charge in [0.2, 0.25) is 0 Å². The van der Waals surface area contributed by atoms with Crippen LogP contribution in [-0.2, 0) is 14.1 Å². The highest BCUT2D eigenvalue weighted by atomic mass is 15.3. The molecule has 2 aromatic heterocycles. The molecule has 6 nitrogen and oxygen atoms in total. The van der Waals surface area contributed by atoms with E-state index in [1.165, 1.54) is 17.1 Å². The number of imidazole rings is 1. The van der Waals surface area contributed by atoms with Gasteiger partial charge in [-0.2, -0.15) is 0 Å². The molecule has 29 heavy (non-hydrogen) atoms. The summed E-state index contributed by atoms with van der Waals surface area (Å²) in [5.41, 5.74) is 6.50. The monoisotopic (exact) mass is 385 g/mol. The standard InChI is InChI=1S/C23H24N6/c1-17-5-6-18(2)29(17)22-13-11-20(12-14-22)24-19-7-9-21(10-8-19)25-26-23-27(3)15-16-28(23)4/h5-16H,1-4H3/p+1. The number of anilines is 2. The molecular formula is C23H25N6+. The summed E-state index contributed by atoms with van der Waals surface area (Å²) in [4.78, 5) is 0. The lowest BCUT2D eigenvalue weighted by Crippen LogP contribution is -2.25. The largest absolute Gasteiger partial charge is 0.421 e. The maximum Gasteiger partial charge on any atom is 0.421 e. The highest BCUT2D eigenvalue weighted by Crippen LogP contribution is 2.23. The molecule has 2 aromatic carbocycles. The minimum absolute atomic E-state index is 0.792. The number of nitrogens with one attached hydrogen (secondary N) is 1. The number of benzene rings is 2. The quantitative estimate of drug-likeness (QED) is 0.362. The Morgan fingerprint density at radius 1 is 0.793 bits per heavy atom. The van der Waals surface area contributed by atoms with Gasteiger partial charge in [-0.1, -0.05) is 5.11 Å². The fourth-order valence-corrected chi connectivity index (χ4v) is 3.37. The van der Waals surface area contributed by atoms with Gasteiger partial charge in [-0.05, 0) is 74.5 Å². The summed E-state index contributed by atoms with van der Waals surface area (Å²) < 4.78 is 6.11. The summed E-state index contributed by atoms with van der Waals surface area (Å²) in [6.07, 6.45) is 3.90. The van der Waals surface area contributed by atoms with Crippen LogP contribution in [0.1, 0.15) is 11.4 Å². The molecule has 6 heteroatoms. The van der Waals surface area contributed by atoms with Gasteiger partial charge in [-0.25, -0.2) is 9.13 Å². The van der Waals surface area contributed by atoms with Crippen molar-refractivity contribution >= 4 is 23.0 Å². The first-order chi connectivity index (χ1) is 14.0. The number of hydrogen-bond acceptors (Lipinski definition) is 3. The van der Waals surface area contributed by atoms with Gasteiger partial charge < -0.3 is 9.88 Å². The summed E-state index contributed by atoms with van der Waals surface area (Å²) >= 11 is 0. The third-order valence-electron chi connectivity index (χ3n) is 4.95. The topological polar surface area (TPSA) is 50.5 Å². The van der Waals surface area contributed by atoms with Gasteiger partial charge in [0.05, 0.1) is 26.5 Å². The molecule has 0 aliphatic heterocycles. The van der Waals surface area contributed by atoms with Crippen LogP contribution in [0.15, 0.2) is 83.3 Å². The lowest BCUT2D eigenvalue weighted by atomic mass is 10.2. The van der Waals surface area contributed by atoms with Crippen LogP contribution in [0.4, 0.5) is 23.0 Å². The second kappa shape index (κ2) is 7.75. The smallest absolute Gasteiger partial charge is 0.356 e. The number of azo groups is 1. The lowest BCUT2D eigenvalue weighted by molar-refractivity contribution is -0.657. The summed E-state index contributed by atoms with van der Waals surface area (Å²) in [5, 5.41) is 12.1. The van der Waals surface area contributed by atoms with Crippen molar-refractivity contribution in [3.05, 3.63) is 84.4 Å². The highest BCUT2D eigenvalue weighted by molar-refractivity contribution is 5.62. The maximum atomic E-state index is 4.33. The van der Waals surface area contributed by atoms with E-state index in [2.05, 4.69) is 70.4 Å². The van der Waals surface area contributed by atoms with Crippen LogP contribution < -0.4 is 9.88 Å². The normalized spacial score (nSPS) is 11.3. The Bertz CT molecular complexity index is 1110. The highest BCUT2D eigenvalue weighted by Gasteiger charge is 2.10. The van der Waals surface area contributed by atoms with E-state index in [1.807, 2.05) is 59.9 Å². The first-order valence-corrected chi connectivity index (χ1v) is 9.56. The average Bonchev–Trinajstić information content (AvgIpc) is 3.23. The van der Waals surface area contributed by atoms with E-state index in [1.54, 1.807) is 0 Å². The van der Waals surface area contributed by atoms with Crippen LogP contribution in [0, 0.1) is 13.8 Å². The Balaban J connectivity index is 1.45. The first kappa shape index (κ1) is 18.7. The fourth-order valence-electron chi connectivity index (χ4n) is 3.37. The second-order valence-corrected chi connectivity index (χ2v) is 7.19. The third kappa shape index (κ3) is 3.96. The molecule has 0 atom stereocenters. The first-order valence-electron chi connectivity index (χ1n) is 9.56. The minimum Gasteiger partial charge on any atom is -0.356 e. The molecule has 0 aliphatic carbocycles. The van der Waals surface area contributed by atoms with Crippen LogP contribution in [0.3, 0.4) is 0 Å². The number of aromatic nitrogens is 3. The van der Waals surface area contributed by atoms with E-state index in [0.29, 0.717) is 0 Å². The number of nitrogens with zero attached hydrogens (tertiary/aromatic N) is 5. The van der Waals surface area contributed by atoms with Crippen LogP contribution in [-0.4, -0.2) is 9.13 Å². The molecule has 0 spiro atoms. The van der Waals surface area contributed by atoms with E-state index >= 15 is 0 Å². The Morgan fingerprint density at radius 2 is 1.38 bits per heavy atom. The van der Waals surface area contributed by atoms with Gasteiger partial charge in [0, 0.05) is 33.6 Å². The molecule has 146 valence electrons. The molecule has 0 amide bonds. The lowest BCUT2D eigenvalue weighted by Gasteiger charge is -2.11. The van der Waals surface area contributed by atoms with Crippen LogP contribution in [0.5, 0.6) is 0 Å².